The molecule has 0 aliphatic heterocycles. The van der Waals surface area contributed by atoms with Gasteiger partial charge in [0, 0.05) is 19.3 Å². The third kappa shape index (κ3) is 4.06. The van der Waals surface area contributed by atoms with Crippen LogP contribution in [-0.4, -0.2) is 24.0 Å². The van der Waals surface area contributed by atoms with Gasteiger partial charge in [0.25, 0.3) is 5.91 Å². The molecule has 0 radical (unpaired) electrons. The first-order chi connectivity index (χ1) is 8.21. The third-order valence-corrected chi connectivity index (χ3v) is 2.75. The number of hydrogen-bond acceptors (Lipinski definition) is 3. The van der Waals surface area contributed by atoms with Gasteiger partial charge in [-0.1, -0.05) is 20.3 Å². The van der Waals surface area contributed by atoms with E-state index < -0.39 is 0 Å². The van der Waals surface area contributed by atoms with Crippen LogP contribution in [0.2, 0.25) is 0 Å². The van der Waals surface area contributed by atoms with Gasteiger partial charge in [-0.2, -0.15) is 0 Å². The summed E-state index contributed by atoms with van der Waals surface area (Å²) < 4.78 is 0. The van der Waals surface area contributed by atoms with Crippen molar-refractivity contribution in [2.24, 2.45) is 0 Å². The van der Waals surface area contributed by atoms with Crippen LogP contribution in [0.15, 0.2) is 18.3 Å². The number of carbonyl (C=O) groups is 1. The zero-order valence-electron chi connectivity index (χ0n) is 10.8. The number of aromatic nitrogens is 1. The smallest absolute Gasteiger partial charge is 0.253 e. The fourth-order valence-corrected chi connectivity index (χ4v) is 1.67. The Morgan fingerprint density at radius 1 is 1.41 bits per heavy atom. The number of nitrogens with one attached hydrogen (secondary N) is 2. The van der Waals surface area contributed by atoms with Crippen molar-refractivity contribution in [1.29, 1.82) is 0 Å². The fourth-order valence-electron chi connectivity index (χ4n) is 1.67. The van der Waals surface area contributed by atoms with E-state index in [1.54, 1.807) is 25.4 Å². The maximum atomic E-state index is 11.9. The van der Waals surface area contributed by atoms with E-state index in [4.69, 9.17) is 0 Å². The Morgan fingerprint density at radius 3 is 2.65 bits per heavy atom. The summed E-state index contributed by atoms with van der Waals surface area (Å²) in [4.78, 5) is 16.0. The molecule has 0 saturated carbocycles. The molecule has 4 heteroatoms. The van der Waals surface area contributed by atoms with E-state index in [2.05, 4.69) is 29.5 Å². The summed E-state index contributed by atoms with van der Waals surface area (Å²) in [7, 11) is 1.80. The summed E-state index contributed by atoms with van der Waals surface area (Å²) in [5.41, 5.74) is 0.610. The minimum Gasteiger partial charge on any atom is -0.373 e. The first-order valence-corrected chi connectivity index (χ1v) is 6.15. The molecule has 1 heterocycles. The summed E-state index contributed by atoms with van der Waals surface area (Å²) >= 11 is 0. The molecule has 0 saturated heterocycles. The molecule has 0 aliphatic carbocycles. The van der Waals surface area contributed by atoms with E-state index in [1.165, 1.54) is 0 Å². The molecule has 1 atom stereocenters. The van der Waals surface area contributed by atoms with E-state index in [1.807, 2.05) is 0 Å². The molecule has 4 nitrogen and oxygen atoms in total. The predicted molar refractivity (Wildman–Crippen MR) is 70.2 cm³/mol. The second kappa shape index (κ2) is 6.89. The van der Waals surface area contributed by atoms with Crippen LogP contribution in [0.25, 0.3) is 0 Å². The average molecular weight is 235 g/mol. The minimum atomic E-state index is -0.0412. The Morgan fingerprint density at radius 2 is 2.18 bits per heavy atom. The second-order valence-electron chi connectivity index (χ2n) is 4.05. The number of rotatable bonds is 6. The Labute approximate surface area is 103 Å². The summed E-state index contributed by atoms with van der Waals surface area (Å²) in [6.45, 7) is 4.21. The molecule has 0 aromatic carbocycles. The zero-order valence-corrected chi connectivity index (χ0v) is 10.8. The van der Waals surface area contributed by atoms with E-state index in [9.17, 15) is 4.79 Å². The molecule has 0 bridgehead atoms. The molecular weight excluding hydrogens is 214 g/mol. The van der Waals surface area contributed by atoms with E-state index >= 15 is 0 Å². The first-order valence-electron chi connectivity index (χ1n) is 6.15. The number of pyridine rings is 1. The lowest BCUT2D eigenvalue weighted by Crippen LogP contribution is -2.34. The van der Waals surface area contributed by atoms with Gasteiger partial charge < -0.3 is 10.6 Å². The van der Waals surface area contributed by atoms with Gasteiger partial charge in [0.2, 0.25) is 0 Å². The molecule has 2 N–H and O–H groups in total. The number of nitrogens with zero attached hydrogens (tertiary/aromatic N) is 1. The minimum absolute atomic E-state index is 0.0412. The van der Waals surface area contributed by atoms with Crippen molar-refractivity contribution in [2.75, 3.05) is 12.4 Å². The number of hydrogen-bond donors (Lipinski definition) is 2. The second-order valence-corrected chi connectivity index (χ2v) is 4.05. The standard InChI is InChI=1S/C13H21N3O/c1-4-6-11(5-2)16-13(17)10-7-8-12(14-3)15-9-10/h7-9,11H,4-6H2,1-3H3,(H,14,15)(H,16,17). The molecule has 1 aromatic heterocycles. The molecule has 0 fully saturated rings. The molecule has 1 aromatic rings. The molecule has 1 unspecified atom stereocenters. The van der Waals surface area contributed by atoms with Gasteiger partial charge in [-0.25, -0.2) is 4.98 Å². The summed E-state index contributed by atoms with van der Waals surface area (Å²) in [5.74, 6) is 0.725. The number of amides is 1. The summed E-state index contributed by atoms with van der Waals surface area (Å²) in [6, 6.07) is 3.85. The Bertz CT molecular complexity index is 348. The van der Waals surface area contributed by atoms with Gasteiger partial charge in [0.05, 0.1) is 5.56 Å². The highest BCUT2D eigenvalue weighted by molar-refractivity contribution is 5.94. The van der Waals surface area contributed by atoms with E-state index in [0.29, 0.717) is 5.56 Å². The zero-order chi connectivity index (χ0) is 12.7. The highest BCUT2D eigenvalue weighted by Gasteiger charge is 2.11. The lowest BCUT2D eigenvalue weighted by Gasteiger charge is -2.15. The van der Waals surface area contributed by atoms with Crippen molar-refractivity contribution < 1.29 is 4.79 Å². The van der Waals surface area contributed by atoms with E-state index in [0.717, 1.165) is 25.1 Å². The normalized spacial score (nSPS) is 11.9. The van der Waals surface area contributed by atoms with Gasteiger partial charge >= 0.3 is 0 Å². The molecular formula is C13H21N3O. The molecule has 17 heavy (non-hydrogen) atoms. The van der Waals surface area contributed by atoms with Gasteiger partial charge in [0.1, 0.15) is 5.82 Å². The van der Waals surface area contributed by atoms with Crippen LogP contribution in [0.5, 0.6) is 0 Å². The maximum absolute atomic E-state index is 11.9. The van der Waals surface area contributed by atoms with Crippen molar-refractivity contribution in [3.05, 3.63) is 23.9 Å². The predicted octanol–water partition coefficient (Wildman–Crippen LogP) is 2.43. The monoisotopic (exact) mass is 235 g/mol. The Kier molecular flexibility index (Phi) is 5.46. The first kappa shape index (κ1) is 13.5. The quantitative estimate of drug-likeness (QED) is 0.796. The SMILES string of the molecule is CCCC(CC)NC(=O)c1ccc(NC)nc1. The van der Waals surface area contributed by atoms with E-state index in [-0.39, 0.29) is 11.9 Å². The van der Waals surface area contributed by atoms with Crippen LogP contribution in [0, 0.1) is 0 Å². The largest absolute Gasteiger partial charge is 0.373 e. The van der Waals surface area contributed by atoms with Crippen LogP contribution in [0.4, 0.5) is 5.82 Å². The van der Waals surface area contributed by atoms with Crippen molar-refractivity contribution in [3.63, 3.8) is 0 Å². The topological polar surface area (TPSA) is 54.0 Å². The van der Waals surface area contributed by atoms with Crippen LogP contribution in [0.3, 0.4) is 0 Å². The number of anilines is 1. The molecule has 1 rings (SSSR count). The Balaban J connectivity index is 2.62. The lowest BCUT2D eigenvalue weighted by molar-refractivity contribution is 0.0933. The van der Waals surface area contributed by atoms with Crippen LogP contribution >= 0.6 is 0 Å². The van der Waals surface area contributed by atoms with Crippen molar-refractivity contribution >= 4 is 11.7 Å². The van der Waals surface area contributed by atoms with Gasteiger partial charge in [0.15, 0.2) is 0 Å². The highest BCUT2D eigenvalue weighted by atomic mass is 16.1. The van der Waals surface area contributed by atoms with Gasteiger partial charge in [-0.3, -0.25) is 4.79 Å². The van der Waals surface area contributed by atoms with Crippen LogP contribution in [-0.2, 0) is 0 Å². The molecule has 1 amide bonds. The van der Waals surface area contributed by atoms with Gasteiger partial charge in [-0.15, -0.1) is 0 Å². The molecule has 0 spiro atoms. The summed E-state index contributed by atoms with van der Waals surface area (Å²) in [5, 5.41) is 5.94. The highest BCUT2D eigenvalue weighted by Crippen LogP contribution is 2.06. The molecule has 0 aliphatic rings. The Hall–Kier alpha value is -1.58. The van der Waals surface area contributed by atoms with Crippen molar-refractivity contribution in [1.82, 2.24) is 10.3 Å². The van der Waals surface area contributed by atoms with Crippen LogP contribution in [0.1, 0.15) is 43.5 Å². The van der Waals surface area contributed by atoms with Crippen LogP contribution < -0.4 is 10.6 Å². The molecule has 94 valence electrons. The third-order valence-electron chi connectivity index (χ3n) is 2.75. The van der Waals surface area contributed by atoms with Crippen molar-refractivity contribution in [2.45, 2.75) is 39.2 Å². The van der Waals surface area contributed by atoms with Gasteiger partial charge in [-0.05, 0) is 25.0 Å². The van der Waals surface area contributed by atoms with Crippen molar-refractivity contribution in [3.8, 4) is 0 Å². The summed E-state index contributed by atoms with van der Waals surface area (Å²) in [6.07, 6.45) is 4.65. The lowest BCUT2D eigenvalue weighted by atomic mass is 10.1. The fraction of sp³-hybridized carbons (Fsp3) is 0.538. The maximum Gasteiger partial charge on any atom is 0.253 e. The average Bonchev–Trinajstić information content (AvgIpc) is 2.38. The number of carbonyl (C=O) groups excluding carboxylic acids is 1.